The highest BCUT2D eigenvalue weighted by atomic mass is 19.2. The maximum absolute atomic E-state index is 13.2. The lowest BCUT2D eigenvalue weighted by molar-refractivity contribution is -0.121. The van der Waals surface area contributed by atoms with Gasteiger partial charge in [-0.3, -0.25) is 9.69 Å². The summed E-state index contributed by atoms with van der Waals surface area (Å²) in [6, 6.07) is 4.26. The molecule has 0 radical (unpaired) electrons. The standard InChI is InChI=1S/C18H25F2N3O/c19-16-4-3-14(9-17(16)20)12-23-7-5-15(6-8-23)22-18(24)11-21-10-13-1-2-13/h3-4,9,13,15,21H,1-2,5-8,10-12H2,(H,22,24). The summed E-state index contributed by atoms with van der Waals surface area (Å²) in [6.07, 6.45) is 4.34. The quantitative estimate of drug-likeness (QED) is 0.800. The van der Waals surface area contributed by atoms with Crippen molar-refractivity contribution in [2.45, 2.75) is 38.3 Å². The number of carbonyl (C=O) groups is 1. The minimum absolute atomic E-state index is 0.0645. The summed E-state index contributed by atoms with van der Waals surface area (Å²) in [6.45, 7) is 3.64. The van der Waals surface area contributed by atoms with Gasteiger partial charge in [0.25, 0.3) is 0 Å². The molecule has 1 heterocycles. The van der Waals surface area contributed by atoms with E-state index >= 15 is 0 Å². The fraction of sp³-hybridized carbons (Fsp3) is 0.611. The summed E-state index contributed by atoms with van der Waals surface area (Å²) in [5.74, 6) is -0.768. The molecule has 3 rings (SSSR count). The van der Waals surface area contributed by atoms with Gasteiger partial charge in [-0.2, -0.15) is 0 Å². The molecule has 1 aliphatic heterocycles. The Morgan fingerprint density at radius 3 is 2.54 bits per heavy atom. The number of benzene rings is 1. The second kappa shape index (κ2) is 8.03. The van der Waals surface area contributed by atoms with E-state index in [1.165, 1.54) is 25.0 Å². The fourth-order valence-corrected chi connectivity index (χ4v) is 3.12. The monoisotopic (exact) mass is 337 g/mol. The van der Waals surface area contributed by atoms with E-state index < -0.39 is 11.6 Å². The van der Waals surface area contributed by atoms with Crippen molar-refractivity contribution in [2.75, 3.05) is 26.2 Å². The summed E-state index contributed by atoms with van der Waals surface area (Å²) < 4.78 is 26.2. The number of hydrogen-bond donors (Lipinski definition) is 2. The van der Waals surface area contributed by atoms with E-state index in [-0.39, 0.29) is 11.9 Å². The van der Waals surface area contributed by atoms with Crippen LogP contribution in [0.15, 0.2) is 18.2 Å². The molecule has 0 atom stereocenters. The maximum Gasteiger partial charge on any atom is 0.234 e. The summed E-state index contributed by atoms with van der Waals surface area (Å²) in [7, 11) is 0. The smallest absolute Gasteiger partial charge is 0.234 e. The Balaban J connectivity index is 1.35. The molecule has 4 nitrogen and oxygen atoms in total. The lowest BCUT2D eigenvalue weighted by atomic mass is 10.0. The molecule has 132 valence electrons. The van der Waals surface area contributed by atoms with Crippen molar-refractivity contribution in [1.82, 2.24) is 15.5 Å². The van der Waals surface area contributed by atoms with Gasteiger partial charge in [-0.15, -0.1) is 0 Å². The molecule has 1 amide bonds. The summed E-state index contributed by atoms with van der Waals surface area (Å²) in [5, 5.41) is 6.28. The Hall–Kier alpha value is -1.53. The highest BCUT2D eigenvalue weighted by molar-refractivity contribution is 5.78. The third kappa shape index (κ3) is 5.24. The van der Waals surface area contributed by atoms with Gasteiger partial charge in [-0.1, -0.05) is 6.07 Å². The van der Waals surface area contributed by atoms with Gasteiger partial charge in [0.05, 0.1) is 6.54 Å². The number of piperidine rings is 1. The molecule has 1 aliphatic carbocycles. The first kappa shape index (κ1) is 17.3. The first-order chi connectivity index (χ1) is 11.6. The Kier molecular flexibility index (Phi) is 5.79. The van der Waals surface area contributed by atoms with Gasteiger partial charge in [0.15, 0.2) is 11.6 Å². The Labute approximate surface area is 141 Å². The van der Waals surface area contributed by atoms with Crippen molar-refractivity contribution in [3.63, 3.8) is 0 Å². The minimum Gasteiger partial charge on any atom is -0.352 e. The summed E-state index contributed by atoms with van der Waals surface area (Å²) >= 11 is 0. The SMILES string of the molecule is O=C(CNCC1CC1)NC1CCN(Cc2ccc(F)c(F)c2)CC1. The van der Waals surface area contributed by atoms with Gasteiger partial charge in [0, 0.05) is 25.7 Å². The molecule has 1 saturated carbocycles. The molecular weight excluding hydrogens is 312 g/mol. The van der Waals surface area contributed by atoms with Crippen LogP contribution in [-0.2, 0) is 11.3 Å². The second-order valence-electron chi connectivity index (χ2n) is 6.94. The third-order valence-electron chi connectivity index (χ3n) is 4.76. The molecular formula is C18H25F2N3O. The Bertz CT molecular complexity index is 569. The van der Waals surface area contributed by atoms with Crippen LogP contribution in [0.1, 0.15) is 31.2 Å². The molecule has 2 aliphatic rings. The molecule has 0 bridgehead atoms. The number of nitrogens with zero attached hydrogens (tertiary/aromatic N) is 1. The zero-order valence-corrected chi connectivity index (χ0v) is 13.9. The van der Waals surface area contributed by atoms with Gasteiger partial charge in [0.2, 0.25) is 5.91 Å². The molecule has 0 aromatic heterocycles. The lowest BCUT2D eigenvalue weighted by Crippen LogP contribution is -2.46. The average molecular weight is 337 g/mol. The van der Waals surface area contributed by atoms with Crippen molar-refractivity contribution in [2.24, 2.45) is 5.92 Å². The number of likely N-dealkylation sites (tertiary alicyclic amines) is 1. The van der Waals surface area contributed by atoms with Crippen LogP contribution in [0.4, 0.5) is 8.78 Å². The maximum atomic E-state index is 13.2. The van der Waals surface area contributed by atoms with Crippen LogP contribution < -0.4 is 10.6 Å². The van der Waals surface area contributed by atoms with Gasteiger partial charge >= 0.3 is 0 Å². The normalized spacial score (nSPS) is 19.4. The Morgan fingerprint density at radius 2 is 1.88 bits per heavy atom. The molecule has 1 saturated heterocycles. The summed E-state index contributed by atoms with van der Waals surface area (Å²) in [5.41, 5.74) is 0.778. The first-order valence-electron chi connectivity index (χ1n) is 8.76. The number of halogens is 2. The lowest BCUT2D eigenvalue weighted by Gasteiger charge is -2.32. The van der Waals surface area contributed by atoms with Crippen LogP contribution >= 0.6 is 0 Å². The highest BCUT2D eigenvalue weighted by Crippen LogP contribution is 2.27. The number of hydrogen-bond acceptors (Lipinski definition) is 3. The van der Waals surface area contributed by atoms with Gasteiger partial charge in [-0.05, 0) is 55.8 Å². The van der Waals surface area contributed by atoms with Crippen LogP contribution in [0.3, 0.4) is 0 Å². The molecule has 0 unspecified atom stereocenters. The van der Waals surface area contributed by atoms with Crippen molar-refractivity contribution in [3.05, 3.63) is 35.4 Å². The molecule has 2 fully saturated rings. The van der Waals surface area contributed by atoms with Crippen molar-refractivity contribution >= 4 is 5.91 Å². The van der Waals surface area contributed by atoms with Crippen molar-refractivity contribution in [3.8, 4) is 0 Å². The van der Waals surface area contributed by atoms with Crippen molar-refractivity contribution < 1.29 is 13.6 Å². The van der Waals surface area contributed by atoms with Crippen LogP contribution in [-0.4, -0.2) is 43.0 Å². The second-order valence-corrected chi connectivity index (χ2v) is 6.94. The topological polar surface area (TPSA) is 44.4 Å². The van der Waals surface area contributed by atoms with Crippen molar-refractivity contribution in [1.29, 1.82) is 0 Å². The Morgan fingerprint density at radius 1 is 1.12 bits per heavy atom. The van der Waals surface area contributed by atoms with E-state index in [0.29, 0.717) is 13.1 Å². The molecule has 2 N–H and O–H groups in total. The number of nitrogens with one attached hydrogen (secondary N) is 2. The van der Waals surface area contributed by atoms with Gasteiger partial charge in [-0.25, -0.2) is 8.78 Å². The van der Waals surface area contributed by atoms with Gasteiger partial charge in [0.1, 0.15) is 0 Å². The average Bonchev–Trinajstić information content (AvgIpc) is 3.37. The molecule has 24 heavy (non-hydrogen) atoms. The predicted octanol–water partition coefficient (Wildman–Crippen LogP) is 2.04. The van der Waals surface area contributed by atoms with E-state index in [4.69, 9.17) is 0 Å². The van der Waals surface area contributed by atoms with Crippen LogP contribution in [0.2, 0.25) is 0 Å². The van der Waals surface area contributed by atoms with E-state index in [1.807, 2.05) is 0 Å². The first-order valence-corrected chi connectivity index (χ1v) is 8.76. The molecule has 1 aromatic carbocycles. The molecule has 0 spiro atoms. The number of amides is 1. The largest absolute Gasteiger partial charge is 0.352 e. The van der Waals surface area contributed by atoms with E-state index in [1.54, 1.807) is 6.07 Å². The molecule has 1 aromatic rings. The predicted molar refractivity (Wildman–Crippen MR) is 88.4 cm³/mol. The van der Waals surface area contributed by atoms with E-state index in [9.17, 15) is 13.6 Å². The number of rotatable bonds is 7. The van der Waals surface area contributed by atoms with Crippen LogP contribution in [0.5, 0.6) is 0 Å². The highest BCUT2D eigenvalue weighted by Gasteiger charge is 2.22. The van der Waals surface area contributed by atoms with Gasteiger partial charge < -0.3 is 10.6 Å². The summed E-state index contributed by atoms with van der Waals surface area (Å²) in [4.78, 5) is 14.1. The van der Waals surface area contributed by atoms with E-state index in [2.05, 4.69) is 15.5 Å². The van der Waals surface area contributed by atoms with Crippen LogP contribution in [0.25, 0.3) is 0 Å². The van der Waals surface area contributed by atoms with Crippen LogP contribution in [0, 0.1) is 17.6 Å². The number of carbonyl (C=O) groups excluding carboxylic acids is 1. The zero-order valence-electron chi connectivity index (χ0n) is 13.9. The minimum atomic E-state index is -0.810. The zero-order chi connectivity index (χ0) is 16.9. The fourth-order valence-electron chi connectivity index (χ4n) is 3.12. The molecule has 6 heteroatoms. The third-order valence-corrected chi connectivity index (χ3v) is 4.76. The van der Waals surface area contributed by atoms with E-state index in [0.717, 1.165) is 44.0 Å².